The molecule has 0 unspecified atom stereocenters. The second-order valence-corrected chi connectivity index (χ2v) is 8.00. The Labute approximate surface area is 169 Å². The molecule has 1 N–H and O–H groups in total. The topological polar surface area (TPSA) is 86.4 Å². The highest BCUT2D eigenvalue weighted by Crippen LogP contribution is 2.28. The molecule has 0 radical (unpaired) electrons. The van der Waals surface area contributed by atoms with Crippen LogP contribution in [-0.4, -0.2) is 57.8 Å². The molecule has 144 valence electrons. The molecule has 1 aromatic carbocycles. The lowest BCUT2D eigenvalue weighted by Gasteiger charge is -2.34. The van der Waals surface area contributed by atoms with Gasteiger partial charge in [-0.1, -0.05) is 17.7 Å². The number of carbonyl (C=O) groups is 2. The summed E-state index contributed by atoms with van der Waals surface area (Å²) < 4.78 is 0. The number of nitrogens with one attached hydrogen (secondary N) is 1. The highest BCUT2D eigenvalue weighted by molar-refractivity contribution is 7.20. The number of aromatic amines is 1. The number of aryl methyl sites for hydroxylation is 1. The number of thiophene rings is 1. The zero-order chi connectivity index (χ0) is 19.8. The standard InChI is InChI=1S/C19H17ClN4O3S/c1-11-14-16(25)21-10-22-17(14)28-15(11)19(27)24-7-5-23(6-8-24)18(26)12-3-2-4-13(20)9-12/h2-4,9-10H,5-8H2,1H3,(H,21,22,25). The summed E-state index contributed by atoms with van der Waals surface area (Å²) in [4.78, 5) is 48.8. The normalized spacial score (nSPS) is 14.5. The molecular weight excluding hydrogens is 400 g/mol. The van der Waals surface area contributed by atoms with Gasteiger partial charge in [0.05, 0.1) is 16.6 Å². The fraction of sp³-hybridized carbons (Fsp3) is 0.263. The highest BCUT2D eigenvalue weighted by atomic mass is 35.5. The average molecular weight is 417 g/mol. The van der Waals surface area contributed by atoms with E-state index < -0.39 is 0 Å². The van der Waals surface area contributed by atoms with Crippen LogP contribution in [0, 0.1) is 6.92 Å². The van der Waals surface area contributed by atoms with Crippen molar-refractivity contribution in [3.63, 3.8) is 0 Å². The second kappa shape index (κ2) is 7.37. The van der Waals surface area contributed by atoms with Crippen LogP contribution in [0.1, 0.15) is 25.6 Å². The number of benzene rings is 1. The Kier molecular flexibility index (Phi) is 4.91. The number of H-pyrrole nitrogens is 1. The molecule has 1 aliphatic rings. The maximum atomic E-state index is 13.0. The van der Waals surface area contributed by atoms with Gasteiger partial charge >= 0.3 is 0 Å². The smallest absolute Gasteiger partial charge is 0.264 e. The molecule has 28 heavy (non-hydrogen) atoms. The Morgan fingerprint density at radius 2 is 1.82 bits per heavy atom. The van der Waals surface area contributed by atoms with Gasteiger partial charge in [-0.2, -0.15) is 0 Å². The van der Waals surface area contributed by atoms with E-state index in [4.69, 9.17) is 11.6 Å². The van der Waals surface area contributed by atoms with Gasteiger partial charge in [-0.25, -0.2) is 4.98 Å². The Morgan fingerprint density at radius 3 is 2.46 bits per heavy atom. The summed E-state index contributed by atoms with van der Waals surface area (Å²) in [7, 11) is 0. The first-order chi connectivity index (χ1) is 13.5. The van der Waals surface area contributed by atoms with Crippen LogP contribution in [0.25, 0.3) is 10.2 Å². The van der Waals surface area contributed by atoms with Crippen molar-refractivity contribution >= 4 is 45.0 Å². The Hall–Kier alpha value is -2.71. The second-order valence-electron chi connectivity index (χ2n) is 6.56. The Bertz CT molecular complexity index is 1130. The number of aromatic nitrogens is 2. The van der Waals surface area contributed by atoms with Gasteiger partial charge in [0, 0.05) is 36.8 Å². The number of hydrogen-bond donors (Lipinski definition) is 1. The molecule has 1 fully saturated rings. The molecule has 0 bridgehead atoms. The van der Waals surface area contributed by atoms with Gasteiger partial charge in [0.15, 0.2) is 0 Å². The van der Waals surface area contributed by atoms with Crippen molar-refractivity contribution in [1.82, 2.24) is 19.8 Å². The number of piperazine rings is 1. The summed E-state index contributed by atoms with van der Waals surface area (Å²) in [5, 5.41) is 0.981. The quantitative estimate of drug-likeness (QED) is 0.695. The van der Waals surface area contributed by atoms with E-state index in [1.165, 1.54) is 17.7 Å². The maximum Gasteiger partial charge on any atom is 0.264 e. The van der Waals surface area contributed by atoms with E-state index in [1.54, 1.807) is 41.0 Å². The predicted molar refractivity (Wildman–Crippen MR) is 108 cm³/mol. The van der Waals surface area contributed by atoms with E-state index in [-0.39, 0.29) is 17.4 Å². The summed E-state index contributed by atoms with van der Waals surface area (Å²) in [5.41, 5.74) is 0.949. The van der Waals surface area contributed by atoms with Gasteiger partial charge in [-0.3, -0.25) is 14.4 Å². The lowest BCUT2D eigenvalue weighted by atomic mass is 10.1. The van der Waals surface area contributed by atoms with Gasteiger partial charge in [0.25, 0.3) is 17.4 Å². The monoisotopic (exact) mass is 416 g/mol. The number of amides is 2. The van der Waals surface area contributed by atoms with Crippen molar-refractivity contribution in [2.75, 3.05) is 26.2 Å². The minimum atomic E-state index is -0.241. The van der Waals surface area contributed by atoms with Gasteiger partial charge in [-0.05, 0) is 30.7 Å². The van der Waals surface area contributed by atoms with Crippen LogP contribution >= 0.6 is 22.9 Å². The van der Waals surface area contributed by atoms with Crippen molar-refractivity contribution < 1.29 is 9.59 Å². The lowest BCUT2D eigenvalue weighted by Crippen LogP contribution is -2.50. The number of carbonyl (C=O) groups excluding carboxylic acids is 2. The number of hydrogen-bond acceptors (Lipinski definition) is 5. The molecule has 3 heterocycles. The number of halogens is 1. The largest absolute Gasteiger partial charge is 0.335 e. The fourth-order valence-electron chi connectivity index (χ4n) is 3.34. The third kappa shape index (κ3) is 3.29. The van der Waals surface area contributed by atoms with Crippen molar-refractivity contribution in [2.24, 2.45) is 0 Å². The number of rotatable bonds is 2. The van der Waals surface area contributed by atoms with Crippen LogP contribution in [0.5, 0.6) is 0 Å². The molecule has 9 heteroatoms. The Balaban J connectivity index is 1.49. The SMILES string of the molecule is Cc1c(C(=O)N2CCN(C(=O)c3cccc(Cl)c3)CC2)sc2nc[nH]c(=O)c12. The third-order valence-electron chi connectivity index (χ3n) is 4.85. The maximum absolute atomic E-state index is 13.0. The van der Waals surface area contributed by atoms with E-state index in [1.807, 2.05) is 0 Å². The Morgan fingerprint density at radius 1 is 1.14 bits per heavy atom. The van der Waals surface area contributed by atoms with E-state index in [0.717, 1.165) is 0 Å². The molecule has 0 spiro atoms. The third-order valence-corrected chi connectivity index (χ3v) is 6.28. The van der Waals surface area contributed by atoms with Gasteiger partial charge in [0.2, 0.25) is 0 Å². The van der Waals surface area contributed by atoms with E-state index >= 15 is 0 Å². The number of nitrogens with zero attached hydrogens (tertiary/aromatic N) is 3. The minimum Gasteiger partial charge on any atom is -0.335 e. The highest BCUT2D eigenvalue weighted by Gasteiger charge is 2.28. The molecule has 2 amide bonds. The summed E-state index contributed by atoms with van der Waals surface area (Å²) >= 11 is 7.20. The molecule has 2 aromatic heterocycles. The molecule has 3 aromatic rings. The molecular formula is C19H17ClN4O3S. The van der Waals surface area contributed by atoms with Crippen molar-refractivity contribution in [3.8, 4) is 0 Å². The molecule has 1 saturated heterocycles. The van der Waals surface area contributed by atoms with Crippen LogP contribution in [-0.2, 0) is 0 Å². The molecule has 0 atom stereocenters. The van der Waals surface area contributed by atoms with Crippen LogP contribution in [0.3, 0.4) is 0 Å². The zero-order valence-electron chi connectivity index (χ0n) is 15.1. The minimum absolute atomic E-state index is 0.0941. The van der Waals surface area contributed by atoms with Crippen LogP contribution in [0.2, 0.25) is 5.02 Å². The fourth-order valence-corrected chi connectivity index (χ4v) is 4.65. The van der Waals surface area contributed by atoms with E-state index in [0.29, 0.717) is 57.4 Å². The van der Waals surface area contributed by atoms with Crippen molar-refractivity contribution in [2.45, 2.75) is 6.92 Å². The van der Waals surface area contributed by atoms with E-state index in [2.05, 4.69) is 9.97 Å². The summed E-state index contributed by atoms with van der Waals surface area (Å²) in [6.45, 7) is 3.52. The zero-order valence-corrected chi connectivity index (χ0v) is 16.6. The molecule has 4 rings (SSSR count). The van der Waals surface area contributed by atoms with E-state index in [9.17, 15) is 14.4 Å². The first-order valence-electron chi connectivity index (χ1n) is 8.76. The van der Waals surface area contributed by atoms with Crippen LogP contribution < -0.4 is 5.56 Å². The molecule has 1 aliphatic heterocycles. The van der Waals surface area contributed by atoms with Gasteiger partial charge in [-0.15, -0.1) is 11.3 Å². The summed E-state index contributed by atoms with van der Waals surface area (Å²) in [6.07, 6.45) is 1.34. The average Bonchev–Trinajstić information content (AvgIpc) is 3.05. The molecule has 0 saturated carbocycles. The van der Waals surface area contributed by atoms with Crippen LogP contribution in [0.15, 0.2) is 35.4 Å². The van der Waals surface area contributed by atoms with Gasteiger partial charge in [0.1, 0.15) is 4.83 Å². The number of fused-ring (bicyclic) bond motifs is 1. The summed E-state index contributed by atoms with van der Waals surface area (Å²) in [5.74, 6) is -0.224. The predicted octanol–water partition coefficient (Wildman–Crippen LogP) is 2.54. The van der Waals surface area contributed by atoms with Crippen LogP contribution in [0.4, 0.5) is 0 Å². The van der Waals surface area contributed by atoms with Gasteiger partial charge < -0.3 is 14.8 Å². The first-order valence-corrected chi connectivity index (χ1v) is 9.96. The summed E-state index contributed by atoms with van der Waals surface area (Å²) in [6, 6.07) is 6.85. The van der Waals surface area contributed by atoms with Crippen molar-refractivity contribution in [1.29, 1.82) is 0 Å². The molecule has 7 nitrogen and oxygen atoms in total. The van der Waals surface area contributed by atoms with Crippen molar-refractivity contribution in [3.05, 3.63) is 62.0 Å². The lowest BCUT2D eigenvalue weighted by molar-refractivity contribution is 0.0538. The first kappa shape index (κ1) is 18.6. The molecule has 0 aliphatic carbocycles.